The number of hydrogen-bond acceptors (Lipinski definition) is 5. The minimum absolute atomic E-state index is 0.0495. The highest BCUT2D eigenvalue weighted by Gasteiger charge is 2.40. The molecule has 0 bridgehead atoms. The van der Waals surface area contributed by atoms with Crippen molar-refractivity contribution >= 4 is 17.2 Å². The molecule has 3 aromatic rings. The molecule has 3 rings (SSSR count). The summed E-state index contributed by atoms with van der Waals surface area (Å²) in [5.41, 5.74) is 0.173. The second-order valence-electron chi connectivity index (χ2n) is 8.13. The van der Waals surface area contributed by atoms with Crippen LogP contribution in [0, 0.1) is 0 Å². The molecule has 1 amide bonds. The van der Waals surface area contributed by atoms with Crippen molar-refractivity contribution in [3.63, 3.8) is 0 Å². The molecule has 1 atom stereocenters. The number of thiazole rings is 1. The van der Waals surface area contributed by atoms with Crippen LogP contribution in [0.25, 0.3) is 10.6 Å². The third-order valence-corrected chi connectivity index (χ3v) is 6.66. The Labute approximate surface area is 214 Å². The van der Waals surface area contributed by atoms with Crippen LogP contribution in [0.1, 0.15) is 53.3 Å². The Hall–Kier alpha value is -3.12. The van der Waals surface area contributed by atoms with E-state index in [1.807, 2.05) is 13.8 Å². The van der Waals surface area contributed by atoms with Crippen molar-refractivity contribution in [1.82, 2.24) is 15.2 Å². The van der Waals surface area contributed by atoms with Gasteiger partial charge in [-0.25, -0.2) is 4.98 Å². The summed E-state index contributed by atoms with van der Waals surface area (Å²) in [7, 11) is 0. The zero-order valence-electron chi connectivity index (χ0n) is 20.2. The number of aromatic nitrogens is 1. The molecule has 1 unspecified atom stereocenters. The molecule has 2 aromatic carbocycles. The first-order valence-electron chi connectivity index (χ1n) is 11.4. The zero-order chi connectivity index (χ0) is 27.4. The van der Waals surface area contributed by atoms with Crippen molar-refractivity contribution in [2.24, 2.45) is 0 Å². The van der Waals surface area contributed by atoms with Gasteiger partial charge in [0.2, 0.25) is 0 Å². The van der Waals surface area contributed by atoms with Gasteiger partial charge in [-0.1, -0.05) is 50.2 Å². The predicted molar refractivity (Wildman–Crippen MR) is 128 cm³/mol. The summed E-state index contributed by atoms with van der Waals surface area (Å²) >= 11 is 0.617. The molecule has 0 aliphatic carbocycles. The Balaban J connectivity index is 1.92. The maximum Gasteiger partial charge on any atom is 0.573 e. The molecule has 37 heavy (non-hydrogen) atoms. The van der Waals surface area contributed by atoms with Crippen LogP contribution in [0.5, 0.6) is 5.75 Å². The molecule has 1 N–H and O–H groups in total. The lowest BCUT2D eigenvalue weighted by atomic mass is 10.1. The lowest BCUT2D eigenvalue weighted by Gasteiger charge is -2.19. The van der Waals surface area contributed by atoms with E-state index in [0.29, 0.717) is 23.4 Å². The Kier molecular flexibility index (Phi) is 8.85. The molecule has 12 heteroatoms. The third-order valence-electron chi connectivity index (χ3n) is 5.58. The second kappa shape index (κ2) is 11.5. The molecule has 0 saturated heterocycles. The van der Waals surface area contributed by atoms with Gasteiger partial charge in [0.05, 0.1) is 6.04 Å². The number of rotatable bonds is 9. The van der Waals surface area contributed by atoms with Gasteiger partial charge in [-0.3, -0.25) is 9.69 Å². The van der Waals surface area contributed by atoms with Crippen molar-refractivity contribution in [3.8, 4) is 16.3 Å². The van der Waals surface area contributed by atoms with Crippen molar-refractivity contribution in [2.45, 2.75) is 45.9 Å². The fraction of sp³-hybridized carbons (Fsp3) is 0.360. The standard InChI is InChI=1S/C25H25F6N3O2S/c1-4-34(5-2)14-17-9-6-7-12-19(17)23-33-21(24(26,27)28)20(37-23)22(35)32-15(3)16-10-8-11-18(13-16)36-25(29,30)31/h6-13,15H,4-5,14H2,1-3H3,(H,32,35). The highest BCUT2D eigenvalue weighted by molar-refractivity contribution is 7.17. The maximum atomic E-state index is 13.9. The number of nitrogens with zero attached hydrogens (tertiary/aromatic N) is 2. The van der Waals surface area contributed by atoms with Gasteiger partial charge in [0.1, 0.15) is 15.6 Å². The van der Waals surface area contributed by atoms with Crippen molar-refractivity contribution in [3.05, 3.63) is 70.2 Å². The van der Waals surface area contributed by atoms with E-state index in [4.69, 9.17) is 0 Å². The minimum atomic E-state index is -4.91. The van der Waals surface area contributed by atoms with E-state index >= 15 is 0 Å². The van der Waals surface area contributed by atoms with Crippen LogP contribution >= 0.6 is 11.3 Å². The summed E-state index contributed by atoms with van der Waals surface area (Å²) in [5, 5.41) is 2.48. The molecular formula is C25H25F6N3O2S. The lowest BCUT2D eigenvalue weighted by molar-refractivity contribution is -0.274. The molecule has 0 fully saturated rings. The van der Waals surface area contributed by atoms with E-state index in [-0.39, 0.29) is 10.6 Å². The molecule has 0 saturated carbocycles. The summed E-state index contributed by atoms with van der Waals surface area (Å²) in [6.45, 7) is 7.39. The molecule has 1 heterocycles. The van der Waals surface area contributed by atoms with Gasteiger partial charge < -0.3 is 10.1 Å². The number of benzene rings is 2. The van der Waals surface area contributed by atoms with Crippen LogP contribution in [0.4, 0.5) is 26.3 Å². The van der Waals surface area contributed by atoms with Gasteiger partial charge in [0, 0.05) is 12.1 Å². The van der Waals surface area contributed by atoms with Crippen LogP contribution < -0.4 is 10.1 Å². The Morgan fingerprint density at radius 3 is 2.35 bits per heavy atom. The van der Waals surface area contributed by atoms with Crippen LogP contribution in [-0.2, 0) is 12.7 Å². The number of alkyl halides is 6. The number of amides is 1. The first-order valence-corrected chi connectivity index (χ1v) is 12.2. The van der Waals surface area contributed by atoms with Crippen LogP contribution in [0.2, 0.25) is 0 Å². The molecule has 0 radical (unpaired) electrons. The highest BCUT2D eigenvalue weighted by Crippen LogP contribution is 2.39. The largest absolute Gasteiger partial charge is 0.573 e. The van der Waals surface area contributed by atoms with Crippen molar-refractivity contribution in [1.29, 1.82) is 0 Å². The van der Waals surface area contributed by atoms with Gasteiger partial charge in [0.15, 0.2) is 5.69 Å². The average Bonchev–Trinajstić information content (AvgIpc) is 3.28. The first kappa shape index (κ1) is 28.5. The smallest absolute Gasteiger partial charge is 0.406 e. The first-order chi connectivity index (χ1) is 17.3. The fourth-order valence-corrected chi connectivity index (χ4v) is 4.71. The molecule has 1 aromatic heterocycles. The molecule has 0 aliphatic rings. The van der Waals surface area contributed by atoms with Crippen LogP contribution in [-0.4, -0.2) is 35.2 Å². The summed E-state index contributed by atoms with van der Waals surface area (Å²) in [6, 6.07) is 10.9. The number of carbonyl (C=O) groups is 1. The lowest BCUT2D eigenvalue weighted by Crippen LogP contribution is -2.28. The predicted octanol–water partition coefficient (Wildman–Crippen LogP) is 7.06. The maximum absolute atomic E-state index is 13.9. The third kappa shape index (κ3) is 7.45. The molecule has 200 valence electrons. The highest BCUT2D eigenvalue weighted by atomic mass is 32.1. The second-order valence-corrected chi connectivity index (χ2v) is 9.13. The van der Waals surface area contributed by atoms with E-state index in [0.717, 1.165) is 30.8 Å². The SMILES string of the molecule is CCN(CC)Cc1ccccc1-c1nc(C(F)(F)F)c(C(=O)NC(C)c2cccc(OC(F)(F)F)c2)s1. The zero-order valence-corrected chi connectivity index (χ0v) is 21.0. The monoisotopic (exact) mass is 545 g/mol. The number of carbonyl (C=O) groups excluding carboxylic acids is 1. The van der Waals surface area contributed by atoms with Gasteiger partial charge in [-0.15, -0.1) is 24.5 Å². The van der Waals surface area contributed by atoms with E-state index < -0.39 is 40.8 Å². The summed E-state index contributed by atoms with van der Waals surface area (Å²) < 4.78 is 83.1. The quantitative estimate of drug-likeness (QED) is 0.293. The van der Waals surface area contributed by atoms with Crippen molar-refractivity contribution < 1.29 is 35.9 Å². The van der Waals surface area contributed by atoms with E-state index in [1.165, 1.54) is 19.1 Å². The van der Waals surface area contributed by atoms with Gasteiger partial charge in [-0.2, -0.15) is 13.2 Å². The average molecular weight is 546 g/mol. The summed E-state index contributed by atoms with van der Waals surface area (Å²) in [4.78, 5) is 18.2. The van der Waals surface area contributed by atoms with E-state index in [9.17, 15) is 31.1 Å². The normalized spacial score (nSPS) is 13.0. The number of nitrogens with one attached hydrogen (secondary N) is 1. The van der Waals surface area contributed by atoms with Gasteiger partial charge >= 0.3 is 12.5 Å². The molecule has 0 aliphatic heterocycles. The number of hydrogen-bond donors (Lipinski definition) is 1. The van der Waals surface area contributed by atoms with Crippen LogP contribution in [0.15, 0.2) is 48.5 Å². The molecule has 5 nitrogen and oxygen atoms in total. The topological polar surface area (TPSA) is 54.5 Å². The van der Waals surface area contributed by atoms with Gasteiger partial charge in [-0.05, 0) is 43.3 Å². The fourth-order valence-electron chi connectivity index (χ4n) is 3.66. The Bertz CT molecular complexity index is 1220. The molecular weight excluding hydrogens is 520 g/mol. The summed E-state index contributed by atoms with van der Waals surface area (Å²) in [5.74, 6) is -1.54. The number of halogens is 6. The number of ether oxygens (including phenoxy) is 1. The van der Waals surface area contributed by atoms with E-state index in [1.54, 1.807) is 24.3 Å². The van der Waals surface area contributed by atoms with Gasteiger partial charge in [0.25, 0.3) is 5.91 Å². The van der Waals surface area contributed by atoms with E-state index in [2.05, 4.69) is 19.9 Å². The van der Waals surface area contributed by atoms with Crippen LogP contribution in [0.3, 0.4) is 0 Å². The summed E-state index contributed by atoms with van der Waals surface area (Å²) in [6.07, 6.45) is -9.80. The minimum Gasteiger partial charge on any atom is -0.406 e. The Morgan fingerprint density at radius 1 is 1.05 bits per heavy atom. The van der Waals surface area contributed by atoms with Crippen molar-refractivity contribution in [2.75, 3.05) is 13.1 Å². The molecule has 0 spiro atoms. The Morgan fingerprint density at radius 2 is 1.73 bits per heavy atom.